The zero-order valence-corrected chi connectivity index (χ0v) is 24.1. The van der Waals surface area contributed by atoms with E-state index in [9.17, 15) is 14.4 Å². The first-order valence-electron chi connectivity index (χ1n) is 12.8. The minimum Gasteiger partial charge on any atom is -0.321 e. The number of benzene rings is 4. The van der Waals surface area contributed by atoms with Crippen molar-refractivity contribution in [3.63, 3.8) is 0 Å². The van der Waals surface area contributed by atoms with Crippen LogP contribution in [0.3, 0.4) is 0 Å². The lowest BCUT2D eigenvalue weighted by atomic mass is 10.1. The second kappa shape index (κ2) is 13.1. The minimum absolute atomic E-state index is 0.0276. The summed E-state index contributed by atoms with van der Waals surface area (Å²) in [5, 5.41) is 6.19. The van der Waals surface area contributed by atoms with E-state index in [1.54, 1.807) is 66.7 Å². The molecule has 4 aromatic rings. The van der Waals surface area contributed by atoms with Crippen molar-refractivity contribution in [2.24, 2.45) is 0 Å². The molecule has 0 bridgehead atoms. The van der Waals surface area contributed by atoms with E-state index in [0.717, 1.165) is 17.0 Å². The Balaban J connectivity index is 1.31. The normalized spacial score (nSPS) is 12.5. The number of nitrogens with one attached hydrogen (secondary N) is 2. The first-order valence-corrected chi connectivity index (χ1v) is 14.6. The highest BCUT2D eigenvalue weighted by atomic mass is 35.5. The maximum atomic E-state index is 13.4. The summed E-state index contributed by atoms with van der Waals surface area (Å²) in [6.07, 6.45) is 2.30. The summed E-state index contributed by atoms with van der Waals surface area (Å²) in [5.74, 6) is -0.729. The average molecular weight is 603 g/mol. The molecular weight excluding hydrogens is 577 g/mol. The summed E-state index contributed by atoms with van der Waals surface area (Å²) in [4.78, 5) is 41.9. The number of halogens is 2. The van der Waals surface area contributed by atoms with Crippen molar-refractivity contribution in [1.29, 1.82) is 0 Å². The van der Waals surface area contributed by atoms with Crippen molar-refractivity contribution < 1.29 is 14.4 Å². The molecule has 0 unspecified atom stereocenters. The van der Waals surface area contributed by atoms with Gasteiger partial charge in [-0.3, -0.25) is 14.4 Å². The second-order valence-corrected chi connectivity index (χ2v) is 11.1. The van der Waals surface area contributed by atoms with Crippen molar-refractivity contribution in [3.8, 4) is 0 Å². The van der Waals surface area contributed by atoms with Crippen molar-refractivity contribution in [1.82, 2.24) is 5.32 Å². The third-order valence-corrected chi connectivity index (χ3v) is 8.10. The van der Waals surface area contributed by atoms with Crippen LogP contribution in [-0.4, -0.2) is 30.0 Å². The van der Waals surface area contributed by atoms with Crippen molar-refractivity contribution >= 4 is 70.1 Å². The fourth-order valence-corrected chi connectivity index (χ4v) is 5.76. The van der Waals surface area contributed by atoms with E-state index < -0.39 is 11.8 Å². The van der Waals surface area contributed by atoms with Gasteiger partial charge in [0.25, 0.3) is 11.8 Å². The molecule has 0 aliphatic carbocycles. The molecule has 0 spiro atoms. The summed E-state index contributed by atoms with van der Waals surface area (Å²) in [5.41, 5.74) is 3.41. The molecule has 6 nitrogen and oxygen atoms in total. The van der Waals surface area contributed by atoms with E-state index in [4.69, 9.17) is 23.2 Å². The van der Waals surface area contributed by atoms with Gasteiger partial charge in [0.2, 0.25) is 5.91 Å². The molecule has 0 saturated heterocycles. The van der Waals surface area contributed by atoms with Gasteiger partial charge in [-0.25, -0.2) is 0 Å². The summed E-state index contributed by atoms with van der Waals surface area (Å²) >= 11 is 14.1. The first kappa shape index (κ1) is 28.5. The van der Waals surface area contributed by atoms with Crippen LogP contribution in [0.1, 0.15) is 21.5 Å². The average Bonchev–Trinajstić information content (AvgIpc) is 3.42. The molecule has 1 heterocycles. The lowest BCUT2D eigenvalue weighted by Gasteiger charge is -2.17. The predicted molar refractivity (Wildman–Crippen MR) is 167 cm³/mol. The largest absolute Gasteiger partial charge is 0.321 e. The van der Waals surface area contributed by atoms with Gasteiger partial charge in [0, 0.05) is 44.0 Å². The number of amides is 3. The number of anilines is 2. The third kappa shape index (κ3) is 7.00. The van der Waals surface area contributed by atoms with Crippen molar-refractivity contribution in [2.45, 2.75) is 11.3 Å². The maximum Gasteiger partial charge on any atom is 0.272 e. The number of nitrogens with zero attached hydrogens (tertiary/aromatic N) is 1. The summed E-state index contributed by atoms with van der Waals surface area (Å²) in [6, 6.07) is 28.7. The number of hydrogen-bond acceptors (Lipinski definition) is 4. The Bertz CT molecular complexity index is 1620. The fourth-order valence-electron chi connectivity index (χ4n) is 4.42. The fraction of sp³-hybridized carbons (Fsp3) is 0.0938. The standard InChI is InChI=1S/C32H25Cl2N3O3S/c33-26-13-7-14-27(34)25(26)19-28(36-31(39)22-9-2-1-3-10-22)32(40)35-23-11-6-12-24(18-23)41-20-30(38)37-17-16-21-8-4-5-15-29(21)37/h1-15,18-19H,16-17,20H2,(H,35,40)(H,36,39)/b28-19-. The Morgan fingerprint density at radius 3 is 2.34 bits per heavy atom. The number of rotatable bonds is 8. The number of carbonyl (C=O) groups excluding carboxylic acids is 3. The number of fused-ring (bicyclic) bond motifs is 1. The van der Waals surface area contributed by atoms with Crippen LogP contribution in [0.25, 0.3) is 6.08 Å². The molecule has 9 heteroatoms. The lowest BCUT2D eigenvalue weighted by Crippen LogP contribution is -2.30. The highest BCUT2D eigenvalue weighted by Crippen LogP contribution is 2.30. The summed E-state index contributed by atoms with van der Waals surface area (Å²) < 4.78 is 0. The Hall–Kier alpha value is -4.04. The minimum atomic E-state index is -0.558. The molecular formula is C32H25Cl2N3O3S. The zero-order chi connectivity index (χ0) is 28.8. The molecule has 3 amide bonds. The number of hydrogen-bond donors (Lipinski definition) is 2. The van der Waals surface area contributed by atoms with E-state index in [1.807, 2.05) is 35.2 Å². The molecule has 5 rings (SSSR count). The van der Waals surface area contributed by atoms with Gasteiger partial charge in [-0.15, -0.1) is 11.8 Å². The van der Waals surface area contributed by atoms with Gasteiger partial charge in [-0.1, -0.05) is 71.7 Å². The highest BCUT2D eigenvalue weighted by Gasteiger charge is 2.24. The smallest absolute Gasteiger partial charge is 0.272 e. The van der Waals surface area contributed by atoms with E-state index in [1.165, 1.54) is 23.4 Å². The predicted octanol–water partition coefficient (Wildman–Crippen LogP) is 7.08. The van der Waals surface area contributed by atoms with Crippen LogP contribution in [0.5, 0.6) is 0 Å². The zero-order valence-electron chi connectivity index (χ0n) is 21.8. The Labute approximate surface area is 252 Å². The van der Waals surface area contributed by atoms with Crippen molar-refractivity contribution in [2.75, 3.05) is 22.5 Å². The molecule has 2 N–H and O–H groups in total. The van der Waals surface area contributed by atoms with Gasteiger partial charge in [-0.2, -0.15) is 0 Å². The van der Waals surface area contributed by atoms with Gasteiger partial charge < -0.3 is 15.5 Å². The van der Waals surface area contributed by atoms with Crippen LogP contribution in [0.15, 0.2) is 108 Å². The number of carbonyl (C=O) groups is 3. The van der Waals surface area contributed by atoms with E-state index in [-0.39, 0.29) is 17.4 Å². The van der Waals surface area contributed by atoms with Gasteiger partial charge in [0.05, 0.1) is 5.75 Å². The van der Waals surface area contributed by atoms with E-state index >= 15 is 0 Å². The van der Waals surface area contributed by atoms with Crippen LogP contribution in [0, 0.1) is 0 Å². The van der Waals surface area contributed by atoms with Crippen molar-refractivity contribution in [3.05, 3.63) is 129 Å². The number of thioether (sulfide) groups is 1. The molecule has 1 aliphatic rings. The monoisotopic (exact) mass is 601 g/mol. The van der Waals surface area contributed by atoms with Gasteiger partial charge in [-0.05, 0) is 66.6 Å². The van der Waals surface area contributed by atoms with Gasteiger partial charge in [0.15, 0.2) is 0 Å². The van der Waals surface area contributed by atoms with Crippen LogP contribution >= 0.6 is 35.0 Å². The Kier molecular flexibility index (Phi) is 9.09. The highest BCUT2D eigenvalue weighted by molar-refractivity contribution is 8.00. The third-order valence-electron chi connectivity index (χ3n) is 6.46. The van der Waals surface area contributed by atoms with Gasteiger partial charge in [0.1, 0.15) is 5.70 Å². The van der Waals surface area contributed by atoms with Crippen LogP contribution in [0.4, 0.5) is 11.4 Å². The Morgan fingerprint density at radius 1 is 0.854 bits per heavy atom. The molecule has 41 heavy (non-hydrogen) atoms. The summed E-state index contributed by atoms with van der Waals surface area (Å²) in [6.45, 7) is 0.675. The quantitative estimate of drug-likeness (QED) is 0.167. The van der Waals surface area contributed by atoms with Crippen LogP contribution in [0.2, 0.25) is 10.0 Å². The molecule has 4 aromatic carbocycles. The molecule has 0 atom stereocenters. The number of para-hydroxylation sites is 1. The molecule has 0 aromatic heterocycles. The maximum absolute atomic E-state index is 13.4. The van der Waals surface area contributed by atoms with Gasteiger partial charge >= 0.3 is 0 Å². The SMILES string of the molecule is O=C(Nc1cccc(SCC(=O)N2CCc3ccccc32)c1)/C(=C/c1c(Cl)cccc1Cl)NC(=O)c1ccccc1. The lowest BCUT2D eigenvalue weighted by molar-refractivity contribution is -0.116. The van der Waals surface area contributed by atoms with E-state index in [2.05, 4.69) is 10.6 Å². The first-order chi connectivity index (χ1) is 19.9. The topological polar surface area (TPSA) is 78.5 Å². The molecule has 0 saturated carbocycles. The molecule has 0 radical (unpaired) electrons. The molecule has 0 fully saturated rings. The summed E-state index contributed by atoms with van der Waals surface area (Å²) in [7, 11) is 0. The van der Waals surface area contributed by atoms with Crippen LogP contribution in [-0.2, 0) is 16.0 Å². The van der Waals surface area contributed by atoms with Crippen LogP contribution < -0.4 is 15.5 Å². The molecule has 1 aliphatic heterocycles. The Morgan fingerprint density at radius 2 is 1.56 bits per heavy atom. The molecule has 206 valence electrons. The second-order valence-electron chi connectivity index (χ2n) is 9.21. The van der Waals surface area contributed by atoms with E-state index in [0.29, 0.717) is 33.4 Å².